The van der Waals surface area contributed by atoms with E-state index in [1.54, 1.807) is 0 Å². The van der Waals surface area contributed by atoms with E-state index in [9.17, 15) is 4.79 Å². The third-order valence-corrected chi connectivity index (χ3v) is 5.55. The van der Waals surface area contributed by atoms with Gasteiger partial charge in [0.15, 0.2) is 0 Å². The SMILES string of the molecule is CC1CCC(N(C)CC2(C=O)CCCC(C)C2)CC1. The van der Waals surface area contributed by atoms with Crippen molar-refractivity contribution in [2.24, 2.45) is 17.3 Å². The molecule has 0 spiro atoms. The highest BCUT2D eigenvalue weighted by molar-refractivity contribution is 5.60. The minimum absolute atomic E-state index is 0.0462. The topological polar surface area (TPSA) is 20.3 Å². The molecule has 110 valence electrons. The van der Waals surface area contributed by atoms with E-state index < -0.39 is 0 Å². The molecule has 0 aromatic heterocycles. The lowest BCUT2D eigenvalue weighted by Crippen LogP contribution is -2.45. The summed E-state index contributed by atoms with van der Waals surface area (Å²) in [6.07, 6.45) is 11.4. The maximum absolute atomic E-state index is 11.7. The normalized spacial score (nSPS) is 40.3. The van der Waals surface area contributed by atoms with Gasteiger partial charge < -0.3 is 9.69 Å². The van der Waals surface area contributed by atoms with Crippen molar-refractivity contribution in [2.75, 3.05) is 13.6 Å². The first-order valence-corrected chi connectivity index (χ1v) is 8.21. The van der Waals surface area contributed by atoms with E-state index in [0.29, 0.717) is 6.04 Å². The van der Waals surface area contributed by atoms with Gasteiger partial charge in [-0.05, 0) is 57.4 Å². The Morgan fingerprint density at radius 3 is 2.37 bits per heavy atom. The largest absolute Gasteiger partial charge is 0.303 e. The van der Waals surface area contributed by atoms with Crippen LogP contribution in [0.2, 0.25) is 0 Å². The van der Waals surface area contributed by atoms with Gasteiger partial charge >= 0.3 is 0 Å². The van der Waals surface area contributed by atoms with Gasteiger partial charge in [0, 0.05) is 18.0 Å². The minimum atomic E-state index is -0.0462. The van der Waals surface area contributed by atoms with Gasteiger partial charge in [-0.2, -0.15) is 0 Å². The van der Waals surface area contributed by atoms with Crippen molar-refractivity contribution in [1.29, 1.82) is 0 Å². The van der Waals surface area contributed by atoms with E-state index in [-0.39, 0.29) is 5.41 Å². The van der Waals surface area contributed by atoms with E-state index in [1.165, 1.54) is 44.8 Å². The highest BCUT2D eigenvalue weighted by Gasteiger charge is 2.37. The molecule has 0 saturated heterocycles. The average molecular weight is 265 g/mol. The molecule has 0 heterocycles. The molecule has 2 aliphatic rings. The number of aldehydes is 1. The number of rotatable bonds is 4. The van der Waals surface area contributed by atoms with Crippen molar-refractivity contribution in [3.8, 4) is 0 Å². The summed E-state index contributed by atoms with van der Waals surface area (Å²) in [6.45, 7) is 5.66. The number of carbonyl (C=O) groups is 1. The zero-order valence-electron chi connectivity index (χ0n) is 13.0. The van der Waals surface area contributed by atoms with Crippen LogP contribution in [0.25, 0.3) is 0 Å². The molecule has 0 aromatic rings. The Hall–Kier alpha value is -0.370. The minimum Gasteiger partial charge on any atom is -0.303 e. The van der Waals surface area contributed by atoms with Crippen molar-refractivity contribution < 1.29 is 4.79 Å². The lowest BCUT2D eigenvalue weighted by atomic mass is 9.70. The Labute approximate surface area is 118 Å². The molecular formula is C17H31NO. The Kier molecular flexibility index (Phi) is 5.05. The molecule has 0 aliphatic heterocycles. The Morgan fingerprint density at radius 1 is 1.11 bits per heavy atom. The monoisotopic (exact) mass is 265 g/mol. The van der Waals surface area contributed by atoms with E-state index >= 15 is 0 Å². The van der Waals surface area contributed by atoms with Gasteiger partial charge in [0.1, 0.15) is 6.29 Å². The molecule has 2 heteroatoms. The number of hydrogen-bond acceptors (Lipinski definition) is 2. The zero-order valence-corrected chi connectivity index (χ0v) is 13.0. The lowest BCUT2D eigenvalue weighted by Gasteiger charge is -2.42. The average Bonchev–Trinajstić information content (AvgIpc) is 2.39. The molecule has 0 bridgehead atoms. The quantitative estimate of drug-likeness (QED) is 0.719. The Morgan fingerprint density at radius 2 is 1.79 bits per heavy atom. The summed E-state index contributed by atoms with van der Waals surface area (Å²) in [4.78, 5) is 14.2. The lowest BCUT2D eigenvalue weighted by molar-refractivity contribution is -0.120. The predicted molar refractivity (Wildman–Crippen MR) is 80.2 cm³/mol. The van der Waals surface area contributed by atoms with Gasteiger partial charge in [-0.25, -0.2) is 0 Å². The molecule has 19 heavy (non-hydrogen) atoms. The molecule has 0 amide bonds. The number of nitrogens with zero attached hydrogens (tertiary/aromatic N) is 1. The van der Waals surface area contributed by atoms with E-state index in [4.69, 9.17) is 0 Å². The van der Waals surface area contributed by atoms with E-state index in [0.717, 1.165) is 31.2 Å². The third kappa shape index (κ3) is 3.81. The maximum Gasteiger partial charge on any atom is 0.127 e. The summed E-state index contributed by atoms with van der Waals surface area (Å²) < 4.78 is 0. The standard InChI is InChI=1S/C17H31NO/c1-14-6-8-16(9-7-14)18(3)12-17(13-19)10-4-5-15(2)11-17/h13-16H,4-12H2,1-3H3. The van der Waals surface area contributed by atoms with Crippen LogP contribution in [-0.4, -0.2) is 30.8 Å². The molecule has 2 rings (SSSR count). The summed E-state index contributed by atoms with van der Waals surface area (Å²) in [6, 6.07) is 0.713. The molecule has 2 saturated carbocycles. The Balaban J connectivity index is 1.92. The van der Waals surface area contributed by atoms with Crippen molar-refractivity contribution in [2.45, 2.75) is 71.3 Å². The van der Waals surface area contributed by atoms with Gasteiger partial charge in [-0.15, -0.1) is 0 Å². The van der Waals surface area contributed by atoms with Crippen molar-refractivity contribution in [3.63, 3.8) is 0 Å². The number of hydrogen-bond donors (Lipinski definition) is 0. The van der Waals surface area contributed by atoms with Crippen LogP contribution in [0.1, 0.15) is 65.2 Å². The van der Waals surface area contributed by atoms with Gasteiger partial charge in [-0.3, -0.25) is 0 Å². The first kappa shape index (κ1) is 15.0. The zero-order chi connectivity index (χ0) is 13.9. The molecule has 2 unspecified atom stereocenters. The van der Waals surface area contributed by atoms with Crippen LogP contribution in [-0.2, 0) is 4.79 Å². The van der Waals surface area contributed by atoms with Crippen LogP contribution in [0, 0.1) is 17.3 Å². The Bertz CT molecular complexity index is 296. The van der Waals surface area contributed by atoms with Crippen LogP contribution in [0.5, 0.6) is 0 Å². The molecule has 0 radical (unpaired) electrons. The van der Waals surface area contributed by atoms with Crippen LogP contribution < -0.4 is 0 Å². The molecule has 2 fully saturated rings. The molecular weight excluding hydrogens is 234 g/mol. The van der Waals surface area contributed by atoms with Gasteiger partial charge in [0.25, 0.3) is 0 Å². The maximum atomic E-state index is 11.7. The summed E-state index contributed by atoms with van der Waals surface area (Å²) in [5.41, 5.74) is -0.0462. The summed E-state index contributed by atoms with van der Waals surface area (Å²) in [5, 5.41) is 0. The fourth-order valence-electron chi connectivity index (χ4n) is 4.30. The highest BCUT2D eigenvalue weighted by atomic mass is 16.1. The van der Waals surface area contributed by atoms with Crippen molar-refractivity contribution in [3.05, 3.63) is 0 Å². The molecule has 2 aliphatic carbocycles. The molecule has 2 atom stereocenters. The number of carbonyl (C=O) groups excluding carboxylic acids is 1. The third-order valence-electron chi connectivity index (χ3n) is 5.55. The molecule has 2 nitrogen and oxygen atoms in total. The second-order valence-electron chi connectivity index (χ2n) is 7.51. The predicted octanol–water partition coefficient (Wildman–Crippen LogP) is 3.89. The van der Waals surface area contributed by atoms with Crippen LogP contribution in [0.15, 0.2) is 0 Å². The fourth-order valence-corrected chi connectivity index (χ4v) is 4.30. The second-order valence-corrected chi connectivity index (χ2v) is 7.51. The summed E-state index contributed by atoms with van der Waals surface area (Å²) in [7, 11) is 2.24. The summed E-state index contributed by atoms with van der Waals surface area (Å²) in [5.74, 6) is 1.62. The van der Waals surface area contributed by atoms with Gasteiger partial charge in [0.2, 0.25) is 0 Å². The smallest absolute Gasteiger partial charge is 0.127 e. The van der Waals surface area contributed by atoms with Crippen LogP contribution >= 0.6 is 0 Å². The van der Waals surface area contributed by atoms with E-state index in [2.05, 4.69) is 25.8 Å². The first-order chi connectivity index (χ1) is 9.04. The molecule has 0 N–H and O–H groups in total. The van der Waals surface area contributed by atoms with Gasteiger partial charge in [-0.1, -0.05) is 26.7 Å². The van der Waals surface area contributed by atoms with Crippen molar-refractivity contribution in [1.82, 2.24) is 4.90 Å². The second kappa shape index (κ2) is 6.39. The van der Waals surface area contributed by atoms with Crippen LogP contribution in [0.4, 0.5) is 0 Å². The first-order valence-electron chi connectivity index (χ1n) is 8.21. The fraction of sp³-hybridized carbons (Fsp3) is 0.941. The van der Waals surface area contributed by atoms with E-state index in [1.807, 2.05) is 0 Å². The molecule has 0 aromatic carbocycles. The van der Waals surface area contributed by atoms with Crippen molar-refractivity contribution >= 4 is 6.29 Å². The van der Waals surface area contributed by atoms with Crippen LogP contribution in [0.3, 0.4) is 0 Å². The summed E-state index contributed by atoms with van der Waals surface area (Å²) >= 11 is 0. The van der Waals surface area contributed by atoms with Gasteiger partial charge in [0.05, 0.1) is 0 Å². The highest BCUT2D eigenvalue weighted by Crippen LogP contribution is 2.39.